The lowest BCUT2D eigenvalue weighted by molar-refractivity contribution is -0.148. The van der Waals surface area contributed by atoms with E-state index in [9.17, 15) is 14.4 Å². The van der Waals surface area contributed by atoms with Crippen molar-refractivity contribution in [3.8, 4) is 0 Å². The second-order valence-electron chi connectivity index (χ2n) is 7.86. The van der Waals surface area contributed by atoms with Crippen LogP contribution in [0.3, 0.4) is 0 Å². The minimum absolute atomic E-state index is 0.0332. The molecule has 0 aromatic heterocycles. The second kappa shape index (κ2) is 10.1. The highest BCUT2D eigenvalue weighted by atomic mass is 16.5. The zero-order chi connectivity index (χ0) is 22.4. The van der Waals surface area contributed by atoms with Gasteiger partial charge in [0.2, 0.25) is 11.8 Å². The average molecular weight is 421 g/mol. The van der Waals surface area contributed by atoms with E-state index in [4.69, 9.17) is 4.74 Å². The van der Waals surface area contributed by atoms with Gasteiger partial charge in [0.1, 0.15) is 0 Å². The molecule has 2 atom stereocenters. The van der Waals surface area contributed by atoms with Crippen molar-refractivity contribution >= 4 is 23.9 Å². The number of carbonyl (C=O) groups is 3. The van der Waals surface area contributed by atoms with Crippen LogP contribution in [0, 0.1) is 0 Å². The summed E-state index contributed by atoms with van der Waals surface area (Å²) in [6.45, 7) is 5.06. The molecule has 1 heterocycles. The molecule has 2 unspecified atom stereocenters. The Morgan fingerprint density at radius 3 is 2.39 bits per heavy atom. The average Bonchev–Trinajstić information content (AvgIpc) is 2.73. The largest absolute Gasteiger partial charge is 0.463 e. The van der Waals surface area contributed by atoms with Gasteiger partial charge in [-0.2, -0.15) is 0 Å². The van der Waals surface area contributed by atoms with Crippen LogP contribution in [0.15, 0.2) is 60.8 Å². The van der Waals surface area contributed by atoms with E-state index < -0.39 is 12.1 Å². The van der Waals surface area contributed by atoms with Crippen molar-refractivity contribution < 1.29 is 19.1 Å². The molecule has 0 saturated carbocycles. The van der Waals surface area contributed by atoms with Gasteiger partial charge in [0.15, 0.2) is 0 Å². The predicted octanol–water partition coefficient (Wildman–Crippen LogP) is 4.15. The number of rotatable bonds is 7. The molecule has 0 fully saturated rings. The fourth-order valence-electron chi connectivity index (χ4n) is 3.76. The number of nitrogens with zero attached hydrogens (tertiary/aromatic N) is 1. The summed E-state index contributed by atoms with van der Waals surface area (Å²) < 4.78 is 5.28. The normalized spacial score (nSPS) is 15.9. The Kier molecular flexibility index (Phi) is 7.23. The topological polar surface area (TPSA) is 75.7 Å². The first-order chi connectivity index (χ1) is 14.8. The first-order valence-corrected chi connectivity index (χ1v) is 10.4. The van der Waals surface area contributed by atoms with Gasteiger partial charge >= 0.3 is 5.97 Å². The third-order valence-electron chi connectivity index (χ3n) is 5.12. The minimum Gasteiger partial charge on any atom is -0.463 e. The van der Waals surface area contributed by atoms with Crippen molar-refractivity contribution in [1.82, 2.24) is 10.2 Å². The highest BCUT2D eigenvalue weighted by Gasteiger charge is 2.29. The second-order valence-corrected chi connectivity index (χ2v) is 7.86. The SMILES string of the molecule is CC(=O)N1C=Cc2ccccc2C1CC(=O)NC(CC(=O)OC(C)C)c1ccccc1. The van der Waals surface area contributed by atoms with E-state index in [1.165, 1.54) is 6.92 Å². The molecule has 0 spiro atoms. The van der Waals surface area contributed by atoms with Crippen LogP contribution in [0.1, 0.15) is 62.4 Å². The van der Waals surface area contributed by atoms with Crippen LogP contribution in [-0.2, 0) is 19.1 Å². The van der Waals surface area contributed by atoms with Crippen molar-refractivity contribution in [2.24, 2.45) is 0 Å². The van der Waals surface area contributed by atoms with Gasteiger partial charge < -0.3 is 15.0 Å². The summed E-state index contributed by atoms with van der Waals surface area (Å²) in [5.74, 6) is -0.753. The van der Waals surface area contributed by atoms with Gasteiger partial charge in [0.05, 0.1) is 31.0 Å². The molecule has 0 saturated heterocycles. The van der Waals surface area contributed by atoms with Crippen molar-refractivity contribution in [2.45, 2.75) is 51.8 Å². The van der Waals surface area contributed by atoms with Gasteiger partial charge in [-0.3, -0.25) is 14.4 Å². The van der Waals surface area contributed by atoms with Gasteiger partial charge in [-0.15, -0.1) is 0 Å². The van der Waals surface area contributed by atoms with Gasteiger partial charge in [-0.1, -0.05) is 54.6 Å². The number of amides is 2. The highest BCUT2D eigenvalue weighted by Crippen LogP contribution is 2.33. The van der Waals surface area contributed by atoms with E-state index in [1.54, 1.807) is 24.9 Å². The number of ether oxygens (including phenoxy) is 1. The van der Waals surface area contributed by atoms with Crippen LogP contribution in [-0.4, -0.2) is 28.8 Å². The smallest absolute Gasteiger partial charge is 0.308 e. The van der Waals surface area contributed by atoms with Gasteiger partial charge in [0, 0.05) is 13.1 Å². The zero-order valence-corrected chi connectivity index (χ0v) is 18.1. The molecular formula is C25H28N2O4. The van der Waals surface area contributed by atoms with Crippen LogP contribution in [0.2, 0.25) is 0 Å². The lowest BCUT2D eigenvalue weighted by atomic mass is 9.93. The molecule has 6 nitrogen and oxygen atoms in total. The molecule has 0 radical (unpaired) electrons. The summed E-state index contributed by atoms with van der Waals surface area (Å²) in [6.07, 6.45) is 3.49. The molecule has 0 bridgehead atoms. The quantitative estimate of drug-likeness (QED) is 0.683. The summed E-state index contributed by atoms with van der Waals surface area (Å²) in [5, 5.41) is 2.97. The molecule has 162 valence electrons. The summed E-state index contributed by atoms with van der Waals surface area (Å²) in [5.41, 5.74) is 2.73. The Hall–Kier alpha value is -3.41. The van der Waals surface area contributed by atoms with E-state index >= 15 is 0 Å². The van der Waals surface area contributed by atoms with E-state index in [1.807, 2.05) is 60.7 Å². The maximum Gasteiger partial charge on any atom is 0.308 e. The number of esters is 1. The van der Waals surface area contributed by atoms with E-state index in [-0.39, 0.29) is 36.7 Å². The van der Waals surface area contributed by atoms with E-state index in [0.29, 0.717) is 0 Å². The molecule has 6 heteroatoms. The Labute approximate surface area is 182 Å². The Balaban J connectivity index is 1.78. The van der Waals surface area contributed by atoms with E-state index in [2.05, 4.69) is 5.32 Å². The van der Waals surface area contributed by atoms with Crippen molar-refractivity contribution in [3.63, 3.8) is 0 Å². The van der Waals surface area contributed by atoms with Gasteiger partial charge in [-0.05, 0) is 36.6 Å². The predicted molar refractivity (Wildman–Crippen MR) is 119 cm³/mol. The summed E-state index contributed by atoms with van der Waals surface area (Å²) in [7, 11) is 0. The maximum atomic E-state index is 13.1. The van der Waals surface area contributed by atoms with Crippen LogP contribution in [0.5, 0.6) is 0 Å². The number of hydrogen-bond acceptors (Lipinski definition) is 4. The molecule has 1 aliphatic heterocycles. The number of nitrogens with one attached hydrogen (secondary N) is 1. The molecule has 0 aliphatic carbocycles. The first-order valence-electron chi connectivity index (χ1n) is 10.4. The summed E-state index contributed by atoms with van der Waals surface area (Å²) in [6, 6.07) is 16.1. The number of carbonyl (C=O) groups excluding carboxylic acids is 3. The standard InChI is InChI=1S/C25H28N2O4/c1-17(2)31-25(30)15-22(20-10-5-4-6-11-20)26-24(29)16-23-21-12-8-7-9-19(21)13-14-27(23)18(3)28/h4-14,17,22-23H,15-16H2,1-3H3,(H,26,29). The van der Waals surface area contributed by atoms with Gasteiger partial charge in [0.25, 0.3) is 0 Å². The molecule has 1 aliphatic rings. The lowest BCUT2D eigenvalue weighted by Gasteiger charge is -2.32. The van der Waals surface area contributed by atoms with Crippen LogP contribution in [0.25, 0.3) is 6.08 Å². The number of hydrogen-bond donors (Lipinski definition) is 1. The molecule has 2 aromatic rings. The Morgan fingerprint density at radius 2 is 1.71 bits per heavy atom. The van der Waals surface area contributed by atoms with Crippen molar-refractivity contribution in [3.05, 3.63) is 77.5 Å². The molecule has 31 heavy (non-hydrogen) atoms. The summed E-state index contributed by atoms with van der Waals surface area (Å²) in [4.78, 5) is 39.1. The lowest BCUT2D eigenvalue weighted by Crippen LogP contribution is -2.37. The van der Waals surface area contributed by atoms with Crippen LogP contribution in [0.4, 0.5) is 0 Å². The van der Waals surface area contributed by atoms with Crippen LogP contribution >= 0.6 is 0 Å². The van der Waals surface area contributed by atoms with Gasteiger partial charge in [-0.25, -0.2) is 0 Å². The minimum atomic E-state index is -0.514. The zero-order valence-electron chi connectivity index (χ0n) is 18.1. The molecule has 1 N–H and O–H groups in total. The molecular weight excluding hydrogens is 392 g/mol. The molecule has 2 amide bonds. The van der Waals surface area contributed by atoms with Crippen molar-refractivity contribution in [1.29, 1.82) is 0 Å². The Bertz CT molecular complexity index is 968. The number of fused-ring (bicyclic) bond motifs is 1. The van der Waals surface area contributed by atoms with Crippen LogP contribution < -0.4 is 5.32 Å². The third kappa shape index (κ3) is 5.81. The third-order valence-corrected chi connectivity index (χ3v) is 5.12. The fourth-order valence-corrected chi connectivity index (χ4v) is 3.76. The monoisotopic (exact) mass is 420 g/mol. The maximum absolute atomic E-state index is 13.1. The highest BCUT2D eigenvalue weighted by molar-refractivity contribution is 5.82. The molecule has 2 aromatic carbocycles. The van der Waals surface area contributed by atoms with E-state index in [0.717, 1.165) is 16.7 Å². The molecule has 3 rings (SSSR count). The Morgan fingerprint density at radius 1 is 1.03 bits per heavy atom. The first kappa shape index (κ1) is 22.3. The summed E-state index contributed by atoms with van der Waals surface area (Å²) >= 11 is 0. The number of benzene rings is 2. The van der Waals surface area contributed by atoms with Crippen molar-refractivity contribution in [2.75, 3.05) is 0 Å². The fraction of sp³-hybridized carbons (Fsp3) is 0.320.